The summed E-state index contributed by atoms with van der Waals surface area (Å²) in [5.74, 6) is -0.153. The zero-order valence-corrected chi connectivity index (χ0v) is 10.3. The van der Waals surface area contributed by atoms with Gasteiger partial charge in [-0.1, -0.05) is 12.2 Å². The summed E-state index contributed by atoms with van der Waals surface area (Å²) < 4.78 is 1.88. The van der Waals surface area contributed by atoms with Crippen molar-refractivity contribution in [2.75, 3.05) is 6.54 Å². The average Bonchev–Trinajstić information content (AvgIpc) is 2.70. The number of nitrogens with two attached hydrogens (primary N) is 1. The molecule has 0 radical (unpaired) electrons. The second-order valence-corrected chi connectivity index (χ2v) is 4.49. The van der Waals surface area contributed by atoms with Crippen molar-refractivity contribution in [3.63, 3.8) is 0 Å². The van der Waals surface area contributed by atoms with Gasteiger partial charge < -0.3 is 15.6 Å². The Kier molecular flexibility index (Phi) is 4.00. The molecule has 0 saturated heterocycles. The third-order valence-electron chi connectivity index (χ3n) is 2.40. The van der Waals surface area contributed by atoms with E-state index in [4.69, 9.17) is 18.0 Å². The number of hydrogen-bond donors (Lipinski definition) is 2. The van der Waals surface area contributed by atoms with E-state index in [0.29, 0.717) is 13.1 Å². The van der Waals surface area contributed by atoms with Gasteiger partial charge >= 0.3 is 0 Å². The Morgan fingerprint density at radius 1 is 1.62 bits per heavy atom. The van der Waals surface area contributed by atoms with Gasteiger partial charge in [-0.25, -0.2) is 4.98 Å². The standard InChI is InChI=1S/C10H16N4OS/c1-10(2,8(11)16)9(15)13-4-6-14-5-3-12-7-14/h3,5,7H,4,6H2,1-2H3,(H2,11,16)(H,13,15). The fraction of sp³-hybridized carbons (Fsp3) is 0.500. The van der Waals surface area contributed by atoms with E-state index >= 15 is 0 Å². The van der Waals surface area contributed by atoms with Gasteiger partial charge in [-0.3, -0.25) is 4.79 Å². The number of nitrogens with one attached hydrogen (secondary N) is 1. The zero-order chi connectivity index (χ0) is 12.2. The van der Waals surface area contributed by atoms with Crippen LogP contribution in [0.3, 0.4) is 0 Å². The number of carbonyl (C=O) groups is 1. The van der Waals surface area contributed by atoms with Crippen LogP contribution >= 0.6 is 12.2 Å². The molecule has 1 rings (SSSR count). The molecule has 5 nitrogen and oxygen atoms in total. The second kappa shape index (κ2) is 5.07. The van der Waals surface area contributed by atoms with Crippen LogP contribution in [0.4, 0.5) is 0 Å². The lowest BCUT2D eigenvalue weighted by Crippen LogP contribution is -2.45. The van der Waals surface area contributed by atoms with Crippen molar-refractivity contribution in [1.29, 1.82) is 0 Å². The Morgan fingerprint density at radius 2 is 2.31 bits per heavy atom. The smallest absolute Gasteiger partial charge is 0.232 e. The third kappa shape index (κ3) is 3.03. The molecule has 0 atom stereocenters. The van der Waals surface area contributed by atoms with Crippen molar-refractivity contribution in [1.82, 2.24) is 14.9 Å². The first-order chi connectivity index (χ1) is 7.44. The van der Waals surface area contributed by atoms with Gasteiger partial charge in [0.2, 0.25) is 5.91 Å². The number of thiocarbonyl (C=S) groups is 1. The lowest BCUT2D eigenvalue weighted by molar-refractivity contribution is -0.126. The van der Waals surface area contributed by atoms with E-state index in [1.54, 1.807) is 26.4 Å². The molecule has 0 saturated carbocycles. The molecular formula is C10H16N4OS. The minimum atomic E-state index is -0.801. The van der Waals surface area contributed by atoms with E-state index < -0.39 is 5.41 Å². The molecule has 1 heterocycles. The van der Waals surface area contributed by atoms with Crippen molar-refractivity contribution in [2.45, 2.75) is 20.4 Å². The Bertz CT molecular complexity index is 372. The number of imidazole rings is 1. The van der Waals surface area contributed by atoms with Gasteiger partial charge in [0, 0.05) is 25.5 Å². The molecular weight excluding hydrogens is 224 g/mol. The summed E-state index contributed by atoms with van der Waals surface area (Å²) in [6.07, 6.45) is 5.23. The van der Waals surface area contributed by atoms with Crippen LogP contribution in [0.5, 0.6) is 0 Å². The third-order valence-corrected chi connectivity index (χ3v) is 2.91. The lowest BCUT2D eigenvalue weighted by atomic mass is 9.92. The summed E-state index contributed by atoms with van der Waals surface area (Å²) in [7, 11) is 0. The van der Waals surface area contributed by atoms with Crippen LogP contribution in [-0.2, 0) is 11.3 Å². The average molecular weight is 240 g/mol. The number of rotatable bonds is 5. The van der Waals surface area contributed by atoms with Crippen LogP contribution in [-0.4, -0.2) is 27.0 Å². The monoisotopic (exact) mass is 240 g/mol. The molecule has 6 heteroatoms. The van der Waals surface area contributed by atoms with Gasteiger partial charge in [0.05, 0.1) is 16.7 Å². The highest BCUT2D eigenvalue weighted by Crippen LogP contribution is 2.14. The van der Waals surface area contributed by atoms with Crippen LogP contribution < -0.4 is 11.1 Å². The Morgan fingerprint density at radius 3 is 2.81 bits per heavy atom. The molecule has 1 aromatic rings. The van der Waals surface area contributed by atoms with Gasteiger partial charge in [-0.05, 0) is 13.8 Å². The molecule has 0 unspecified atom stereocenters. The molecule has 0 aliphatic heterocycles. The maximum atomic E-state index is 11.7. The molecule has 0 aliphatic rings. The molecule has 88 valence electrons. The van der Waals surface area contributed by atoms with Crippen molar-refractivity contribution >= 4 is 23.1 Å². The molecule has 0 bridgehead atoms. The number of aromatic nitrogens is 2. The number of amides is 1. The van der Waals surface area contributed by atoms with Crippen molar-refractivity contribution in [3.05, 3.63) is 18.7 Å². The number of carbonyl (C=O) groups excluding carboxylic acids is 1. The molecule has 3 N–H and O–H groups in total. The van der Waals surface area contributed by atoms with E-state index in [-0.39, 0.29) is 10.9 Å². The van der Waals surface area contributed by atoms with Crippen LogP contribution in [0.1, 0.15) is 13.8 Å². The quantitative estimate of drug-likeness (QED) is 0.727. The fourth-order valence-corrected chi connectivity index (χ4v) is 1.14. The van der Waals surface area contributed by atoms with E-state index in [0.717, 1.165) is 0 Å². The molecule has 0 spiro atoms. The highest BCUT2D eigenvalue weighted by molar-refractivity contribution is 7.80. The fourth-order valence-electron chi connectivity index (χ4n) is 1.05. The molecule has 16 heavy (non-hydrogen) atoms. The van der Waals surface area contributed by atoms with E-state index in [1.165, 1.54) is 0 Å². The van der Waals surface area contributed by atoms with Crippen molar-refractivity contribution in [3.8, 4) is 0 Å². The maximum Gasteiger partial charge on any atom is 0.232 e. The minimum Gasteiger partial charge on any atom is -0.392 e. The zero-order valence-electron chi connectivity index (χ0n) is 9.43. The van der Waals surface area contributed by atoms with Crippen LogP contribution in [0, 0.1) is 5.41 Å². The normalized spacial score (nSPS) is 11.1. The second-order valence-electron chi connectivity index (χ2n) is 4.05. The first-order valence-electron chi connectivity index (χ1n) is 4.98. The largest absolute Gasteiger partial charge is 0.392 e. The molecule has 1 amide bonds. The van der Waals surface area contributed by atoms with E-state index in [2.05, 4.69) is 10.3 Å². The predicted octanol–water partition coefficient (Wildman–Crippen LogP) is 0.312. The molecule has 0 aliphatic carbocycles. The Hall–Kier alpha value is -1.43. The topological polar surface area (TPSA) is 72.9 Å². The summed E-state index contributed by atoms with van der Waals surface area (Å²) in [6.45, 7) is 4.63. The van der Waals surface area contributed by atoms with Gasteiger partial charge in [-0.2, -0.15) is 0 Å². The molecule has 1 aromatic heterocycles. The SMILES string of the molecule is CC(C)(C(=O)NCCn1ccnc1)C(N)=S. The maximum absolute atomic E-state index is 11.7. The van der Waals surface area contributed by atoms with Gasteiger partial charge in [0.15, 0.2) is 0 Å². The van der Waals surface area contributed by atoms with Gasteiger partial charge in [0.25, 0.3) is 0 Å². The molecule has 0 aromatic carbocycles. The van der Waals surface area contributed by atoms with Crippen LogP contribution in [0.15, 0.2) is 18.7 Å². The first kappa shape index (κ1) is 12.6. The van der Waals surface area contributed by atoms with Crippen LogP contribution in [0.2, 0.25) is 0 Å². The summed E-state index contributed by atoms with van der Waals surface area (Å²) in [6, 6.07) is 0. The van der Waals surface area contributed by atoms with Crippen molar-refractivity contribution < 1.29 is 4.79 Å². The van der Waals surface area contributed by atoms with Crippen molar-refractivity contribution in [2.24, 2.45) is 11.1 Å². The minimum absolute atomic E-state index is 0.153. The van der Waals surface area contributed by atoms with Gasteiger partial charge in [-0.15, -0.1) is 0 Å². The Labute approximate surface area is 100 Å². The summed E-state index contributed by atoms with van der Waals surface area (Å²) >= 11 is 4.84. The summed E-state index contributed by atoms with van der Waals surface area (Å²) in [5, 5.41) is 2.79. The van der Waals surface area contributed by atoms with Gasteiger partial charge in [0.1, 0.15) is 0 Å². The number of hydrogen-bond acceptors (Lipinski definition) is 3. The van der Waals surface area contributed by atoms with E-state index in [1.807, 2.05) is 10.8 Å². The predicted molar refractivity (Wildman–Crippen MR) is 65.8 cm³/mol. The highest BCUT2D eigenvalue weighted by atomic mass is 32.1. The first-order valence-corrected chi connectivity index (χ1v) is 5.39. The highest BCUT2D eigenvalue weighted by Gasteiger charge is 2.30. The number of nitrogens with zero attached hydrogens (tertiary/aromatic N) is 2. The molecule has 0 fully saturated rings. The van der Waals surface area contributed by atoms with Crippen LogP contribution in [0.25, 0.3) is 0 Å². The van der Waals surface area contributed by atoms with E-state index in [9.17, 15) is 4.79 Å². The lowest BCUT2D eigenvalue weighted by Gasteiger charge is -2.21. The Balaban J connectivity index is 2.39. The summed E-state index contributed by atoms with van der Waals surface area (Å²) in [5.41, 5.74) is 4.69. The summed E-state index contributed by atoms with van der Waals surface area (Å²) in [4.78, 5) is 15.8.